The van der Waals surface area contributed by atoms with Gasteiger partial charge in [-0.1, -0.05) is 24.3 Å². The molecular weight excluding hydrogens is 244 g/mol. The third-order valence-electron chi connectivity index (χ3n) is 3.35. The molecule has 3 rings (SSSR count). The number of hydrogen-bond donors (Lipinski definition) is 2. The highest BCUT2D eigenvalue weighted by molar-refractivity contribution is 6.25. The zero-order chi connectivity index (χ0) is 13.6. The minimum absolute atomic E-state index is 0.0258. The van der Waals surface area contributed by atoms with Gasteiger partial charge in [0.25, 0.3) is 5.91 Å². The van der Waals surface area contributed by atoms with E-state index in [2.05, 4.69) is 0 Å². The fourth-order valence-corrected chi connectivity index (χ4v) is 2.44. The zero-order valence-electron chi connectivity index (χ0n) is 10.0. The van der Waals surface area contributed by atoms with E-state index in [4.69, 9.17) is 10.8 Å². The van der Waals surface area contributed by atoms with Crippen molar-refractivity contribution in [1.82, 2.24) is 0 Å². The Morgan fingerprint density at radius 2 is 1.95 bits per heavy atom. The van der Waals surface area contributed by atoms with E-state index in [1.54, 1.807) is 6.07 Å². The van der Waals surface area contributed by atoms with E-state index in [9.17, 15) is 9.59 Å². The first-order chi connectivity index (χ1) is 9.09. The Hall–Kier alpha value is -2.40. The summed E-state index contributed by atoms with van der Waals surface area (Å²) < 4.78 is 0. The molecule has 0 aromatic heterocycles. The molecule has 0 bridgehead atoms. The molecule has 0 radical (unpaired) electrons. The quantitative estimate of drug-likeness (QED) is 0.864. The van der Waals surface area contributed by atoms with Crippen molar-refractivity contribution in [1.29, 1.82) is 0 Å². The number of carbonyl (C=O) groups is 2. The van der Waals surface area contributed by atoms with E-state index in [0.717, 1.165) is 16.5 Å². The van der Waals surface area contributed by atoms with Crippen LogP contribution in [-0.4, -0.2) is 29.6 Å². The van der Waals surface area contributed by atoms with Gasteiger partial charge >= 0.3 is 5.97 Å². The number of carbonyl (C=O) groups excluding carboxylic acids is 1. The number of carboxylic acids is 1. The summed E-state index contributed by atoms with van der Waals surface area (Å²) in [7, 11) is 0. The monoisotopic (exact) mass is 256 g/mol. The molecule has 5 nitrogen and oxygen atoms in total. The standard InChI is InChI=1S/C14H12N2O3/c15-10(14(18)19)7-16-11-6-2-4-8-3-1-5-9(12(8)11)13(16)17/h1-6,10H,7,15H2,(H,18,19). The maximum Gasteiger partial charge on any atom is 0.322 e. The van der Waals surface area contributed by atoms with Crippen LogP contribution in [-0.2, 0) is 4.79 Å². The van der Waals surface area contributed by atoms with Gasteiger partial charge in [-0.3, -0.25) is 9.59 Å². The molecule has 1 aliphatic heterocycles. The highest BCUT2D eigenvalue weighted by atomic mass is 16.4. The first-order valence-corrected chi connectivity index (χ1v) is 5.91. The van der Waals surface area contributed by atoms with Crippen LogP contribution in [0.5, 0.6) is 0 Å². The SMILES string of the molecule is NC(CN1C(=O)c2cccc3cccc1c23)C(=O)O. The van der Waals surface area contributed by atoms with Gasteiger partial charge in [-0.05, 0) is 17.5 Å². The van der Waals surface area contributed by atoms with Crippen LogP contribution in [0.1, 0.15) is 10.4 Å². The molecule has 0 aliphatic carbocycles. The summed E-state index contributed by atoms with van der Waals surface area (Å²) in [6, 6.07) is 9.99. The Labute approximate surface area is 109 Å². The van der Waals surface area contributed by atoms with Gasteiger partial charge in [0.05, 0.1) is 12.2 Å². The molecule has 2 aromatic rings. The van der Waals surface area contributed by atoms with Crippen molar-refractivity contribution in [2.45, 2.75) is 6.04 Å². The number of hydrogen-bond acceptors (Lipinski definition) is 3. The molecule has 0 spiro atoms. The molecular formula is C14H12N2O3. The van der Waals surface area contributed by atoms with Gasteiger partial charge in [0.15, 0.2) is 0 Å². The summed E-state index contributed by atoms with van der Waals surface area (Å²) >= 11 is 0. The summed E-state index contributed by atoms with van der Waals surface area (Å²) in [5.74, 6) is -1.31. The van der Waals surface area contributed by atoms with Crippen LogP contribution >= 0.6 is 0 Å². The van der Waals surface area contributed by atoms with E-state index >= 15 is 0 Å². The second kappa shape index (κ2) is 4.07. The lowest BCUT2D eigenvalue weighted by Crippen LogP contribution is -2.44. The van der Waals surface area contributed by atoms with Crippen molar-refractivity contribution in [3.05, 3.63) is 42.0 Å². The molecule has 3 N–H and O–H groups in total. The highest BCUT2D eigenvalue weighted by Gasteiger charge is 2.31. The fraction of sp³-hybridized carbons (Fsp3) is 0.143. The molecule has 2 aromatic carbocycles. The summed E-state index contributed by atoms with van der Waals surface area (Å²) in [6.07, 6.45) is 0. The van der Waals surface area contributed by atoms with Crippen LogP contribution in [0.4, 0.5) is 5.69 Å². The minimum Gasteiger partial charge on any atom is -0.480 e. The number of anilines is 1. The molecule has 1 unspecified atom stereocenters. The lowest BCUT2D eigenvalue weighted by Gasteiger charge is -2.19. The lowest BCUT2D eigenvalue weighted by atomic mass is 10.1. The van der Waals surface area contributed by atoms with E-state index in [-0.39, 0.29) is 12.5 Å². The van der Waals surface area contributed by atoms with Gasteiger partial charge in [-0.2, -0.15) is 0 Å². The summed E-state index contributed by atoms with van der Waals surface area (Å²) in [5.41, 5.74) is 6.86. The molecule has 19 heavy (non-hydrogen) atoms. The normalized spacial score (nSPS) is 15.0. The van der Waals surface area contributed by atoms with Crippen molar-refractivity contribution in [3.63, 3.8) is 0 Å². The fourth-order valence-electron chi connectivity index (χ4n) is 2.44. The number of carboxylic acid groups (broad SMARTS) is 1. The van der Waals surface area contributed by atoms with Crippen LogP contribution < -0.4 is 10.6 Å². The molecule has 0 saturated heterocycles. The maximum absolute atomic E-state index is 12.3. The molecule has 0 fully saturated rings. The minimum atomic E-state index is -1.11. The first kappa shape index (κ1) is 11.7. The largest absolute Gasteiger partial charge is 0.480 e. The van der Waals surface area contributed by atoms with Gasteiger partial charge in [0, 0.05) is 10.9 Å². The summed E-state index contributed by atoms with van der Waals surface area (Å²) in [6.45, 7) is -0.0258. The number of nitrogens with two attached hydrogens (primary N) is 1. The molecule has 1 heterocycles. The Morgan fingerprint density at radius 3 is 2.63 bits per heavy atom. The molecule has 0 saturated carbocycles. The topological polar surface area (TPSA) is 83.6 Å². The number of aliphatic carboxylic acids is 1. The number of rotatable bonds is 3. The molecule has 5 heteroatoms. The maximum atomic E-state index is 12.3. The second-order valence-corrected chi connectivity index (χ2v) is 4.54. The van der Waals surface area contributed by atoms with E-state index in [0.29, 0.717) is 5.56 Å². The Balaban J connectivity index is 2.10. The summed E-state index contributed by atoms with van der Waals surface area (Å²) in [5, 5.41) is 10.7. The molecule has 1 amide bonds. The van der Waals surface area contributed by atoms with Gasteiger partial charge in [0.2, 0.25) is 0 Å². The number of benzene rings is 2. The van der Waals surface area contributed by atoms with Crippen LogP contribution in [0.25, 0.3) is 10.8 Å². The van der Waals surface area contributed by atoms with Crippen molar-refractivity contribution < 1.29 is 14.7 Å². The number of amides is 1. The van der Waals surface area contributed by atoms with Crippen LogP contribution in [0.3, 0.4) is 0 Å². The second-order valence-electron chi connectivity index (χ2n) is 4.54. The van der Waals surface area contributed by atoms with Crippen molar-refractivity contribution in [2.24, 2.45) is 5.73 Å². The van der Waals surface area contributed by atoms with Gasteiger partial charge in [-0.25, -0.2) is 0 Å². The van der Waals surface area contributed by atoms with Gasteiger partial charge < -0.3 is 15.7 Å². The lowest BCUT2D eigenvalue weighted by molar-refractivity contribution is -0.138. The number of nitrogens with zero attached hydrogens (tertiary/aromatic N) is 1. The predicted octanol–water partition coefficient (Wildman–Crippen LogP) is 1.21. The molecule has 1 atom stereocenters. The van der Waals surface area contributed by atoms with E-state index in [1.165, 1.54) is 4.90 Å². The van der Waals surface area contributed by atoms with Crippen LogP contribution in [0.2, 0.25) is 0 Å². The summed E-state index contributed by atoms with van der Waals surface area (Å²) in [4.78, 5) is 24.6. The Morgan fingerprint density at radius 1 is 1.26 bits per heavy atom. The average molecular weight is 256 g/mol. The predicted molar refractivity (Wildman–Crippen MR) is 71.2 cm³/mol. The zero-order valence-corrected chi connectivity index (χ0v) is 10.0. The Kier molecular flexibility index (Phi) is 2.50. The molecule has 1 aliphatic rings. The van der Waals surface area contributed by atoms with E-state index in [1.807, 2.05) is 30.3 Å². The smallest absolute Gasteiger partial charge is 0.322 e. The van der Waals surface area contributed by atoms with Crippen molar-refractivity contribution in [3.8, 4) is 0 Å². The van der Waals surface area contributed by atoms with Gasteiger partial charge in [-0.15, -0.1) is 0 Å². The third kappa shape index (κ3) is 1.67. The van der Waals surface area contributed by atoms with Crippen molar-refractivity contribution >= 4 is 28.3 Å². The van der Waals surface area contributed by atoms with Crippen LogP contribution in [0, 0.1) is 0 Å². The Bertz CT molecular complexity index is 691. The van der Waals surface area contributed by atoms with Crippen molar-refractivity contribution in [2.75, 3.05) is 11.4 Å². The molecule has 96 valence electrons. The van der Waals surface area contributed by atoms with E-state index < -0.39 is 12.0 Å². The van der Waals surface area contributed by atoms with Gasteiger partial charge in [0.1, 0.15) is 6.04 Å². The van der Waals surface area contributed by atoms with Crippen LogP contribution in [0.15, 0.2) is 36.4 Å². The highest BCUT2D eigenvalue weighted by Crippen LogP contribution is 2.36. The first-order valence-electron chi connectivity index (χ1n) is 5.91. The third-order valence-corrected chi connectivity index (χ3v) is 3.35. The average Bonchev–Trinajstić information content (AvgIpc) is 2.67.